The van der Waals surface area contributed by atoms with Crippen LogP contribution in [0, 0.1) is 11.6 Å². The molecule has 0 aliphatic rings. The molecule has 22 heavy (non-hydrogen) atoms. The van der Waals surface area contributed by atoms with E-state index >= 15 is 0 Å². The average Bonchev–Trinajstić information content (AvgIpc) is 2.48. The smallest absolute Gasteiger partial charge is 0.265 e. The molecule has 0 fully saturated rings. The summed E-state index contributed by atoms with van der Waals surface area (Å²) in [6.45, 7) is 0. The monoisotopic (exact) mass is 350 g/mol. The highest BCUT2D eigenvalue weighted by molar-refractivity contribution is 8.13. The van der Waals surface area contributed by atoms with Gasteiger partial charge in [0.15, 0.2) is 0 Å². The Kier molecular flexibility index (Phi) is 6.58. The molecule has 2 aromatic rings. The molecule has 0 heterocycles. The minimum atomic E-state index is -3.96. The number of rotatable bonds is 3. The predicted molar refractivity (Wildman–Crippen MR) is 78.9 cm³/mol. The summed E-state index contributed by atoms with van der Waals surface area (Å²) in [4.78, 5) is -0.364. The van der Waals surface area contributed by atoms with Gasteiger partial charge in [-0.25, -0.2) is 17.2 Å². The minimum Gasteiger partial charge on any atom is -0.497 e. The number of methoxy groups -OCH3 is 2. The Bertz CT molecular complexity index is 718. The molecule has 0 radical (unpaired) electrons. The van der Waals surface area contributed by atoms with Gasteiger partial charge in [0.05, 0.1) is 14.2 Å². The van der Waals surface area contributed by atoms with Crippen molar-refractivity contribution in [2.45, 2.75) is 4.90 Å². The van der Waals surface area contributed by atoms with Crippen LogP contribution in [0.2, 0.25) is 0 Å². The number of hydrogen-bond donors (Lipinski definition) is 0. The Morgan fingerprint density at radius 3 is 1.91 bits per heavy atom. The van der Waals surface area contributed by atoms with Crippen LogP contribution in [0.4, 0.5) is 8.78 Å². The fraction of sp³-hybridized carbons (Fsp3) is 0.143. The maximum absolute atomic E-state index is 12.6. The van der Waals surface area contributed by atoms with Gasteiger partial charge < -0.3 is 9.47 Å². The van der Waals surface area contributed by atoms with Crippen molar-refractivity contribution in [1.82, 2.24) is 0 Å². The number of hydrogen-bond acceptors (Lipinski definition) is 4. The molecule has 120 valence electrons. The number of halogens is 3. The number of benzene rings is 2. The van der Waals surface area contributed by atoms with E-state index in [2.05, 4.69) is 0 Å². The lowest BCUT2D eigenvalue weighted by atomic mass is 10.3. The van der Waals surface area contributed by atoms with Crippen molar-refractivity contribution < 1.29 is 26.7 Å². The summed E-state index contributed by atoms with van der Waals surface area (Å²) in [6.07, 6.45) is 0. The van der Waals surface area contributed by atoms with Crippen LogP contribution in [0.3, 0.4) is 0 Å². The molecule has 4 nitrogen and oxygen atoms in total. The molecule has 0 saturated carbocycles. The first-order valence-electron chi connectivity index (χ1n) is 5.85. The van der Waals surface area contributed by atoms with Crippen LogP contribution in [0.15, 0.2) is 47.4 Å². The zero-order valence-electron chi connectivity index (χ0n) is 11.7. The first-order valence-corrected chi connectivity index (χ1v) is 8.16. The van der Waals surface area contributed by atoms with Gasteiger partial charge >= 0.3 is 0 Å². The lowest BCUT2D eigenvalue weighted by Crippen LogP contribution is -1.96. The van der Waals surface area contributed by atoms with Crippen LogP contribution in [0.5, 0.6) is 11.5 Å². The molecule has 0 atom stereocenters. The molecule has 0 amide bonds. The summed E-state index contributed by atoms with van der Waals surface area (Å²) in [7, 11) is 3.90. The van der Waals surface area contributed by atoms with Crippen LogP contribution in [-0.4, -0.2) is 22.6 Å². The molecule has 8 heteroatoms. The van der Waals surface area contributed by atoms with Crippen molar-refractivity contribution in [3.8, 4) is 11.5 Å². The SMILES string of the molecule is COc1ccc(F)cc1.COc1ccc(F)cc1S(=O)(=O)Cl. The second-order valence-electron chi connectivity index (χ2n) is 3.89. The van der Waals surface area contributed by atoms with Crippen LogP contribution in [-0.2, 0) is 9.05 Å². The third-order valence-electron chi connectivity index (χ3n) is 2.44. The normalized spacial score (nSPS) is 10.4. The zero-order valence-corrected chi connectivity index (χ0v) is 13.3. The summed E-state index contributed by atoms with van der Waals surface area (Å²) in [5, 5.41) is 0. The number of ether oxygens (including phenoxy) is 2. The van der Waals surface area contributed by atoms with Crippen molar-refractivity contribution in [1.29, 1.82) is 0 Å². The standard InChI is InChI=1S/C7H6ClFO3S.C7H7FO/c1-12-6-3-2-5(9)4-7(6)13(8,10)11;1-9-7-4-2-6(8)3-5-7/h2-4H,1H3;2-5H,1H3. The van der Waals surface area contributed by atoms with E-state index < -0.39 is 14.9 Å². The first-order chi connectivity index (χ1) is 10.3. The van der Waals surface area contributed by atoms with Crippen LogP contribution < -0.4 is 9.47 Å². The predicted octanol–water partition coefficient (Wildman–Crippen LogP) is 3.60. The van der Waals surface area contributed by atoms with Crippen molar-refractivity contribution in [2.24, 2.45) is 0 Å². The fourth-order valence-electron chi connectivity index (χ4n) is 1.41. The average molecular weight is 351 g/mol. The molecular weight excluding hydrogens is 338 g/mol. The van der Waals surface area contributed by atoms with Gasteiger partial charge in [-0.2, -0.15) is 0 Å². The third-order valence-corrected chi connectivity index (χ3v) is 3.78. The third kappa shape index (κ3) is 5.50. The van der Waals surface area contributed by atoms with Crippen LogP contribution in [0.1, 0.15) is 0 Å². The summed E-state index contributed by atoms with van der Waals surface area (Å²) in [5.41, 5.74) is 0. The summed E-state index contributed by atoms with van der Waals surface area (Å²) in [6, 6.07) is 8.97. The molecule has 0 spiro atoms. The van der Waals surface area contributed by atoms with E-state index in [4.69, 9.17) is 20.2 Å². The van der Waals surface area contributed by atoms with E-state index in [-0.39, 0.29) is 16.5 Å². The molecule has 0 N–H and O–H groups in total. The van der Waals surface area contributed by atoms with Gasteiger partial charge in [-0.1, -0.05) is 0 Å². The Balaban J connectivity index is 0.000000235. The van der Waals surface area contributed by atoms with Crippen LogP contribution in [0.25, 0.3) is 0 Å². The van der Waals surface area contributed by atoms with Crippen molar-refractivity contribution in [2.75, 3.05) is 14.2 Å². The van der Waals surface area contributed by atoms with E-state index in [1.807, 2.05) is 0 Å². The Morgan fingerprint density at radius 1 is 0.909 bits per heavy atom. The van der Waals surface area contributed by atoms with E-state index in [0.29, 0.717) is 5.75 Å². The van der Waals surface area contributed by atoms with E-state index in [9.17, 15) is 17.2 Å². The highest BCUT2D eigenvalue weighted by atomic mass is 35.7. The topological polar surface area (TPSA) is 52.6 Å². The van der Waals surface area contributed by atoms with Crippen molar-refractivity contribution >= 4 is 19.7 Å². The lowest BCUT2D eigenvalue weighted by Gasteiger charge is -2.04. The van der Waals surface area contributed by atoms with Crippen LogP contribution >= 0.6 is 10.7 Å². The van der Waals surface area contributed by atoms with Gasteiger partial charge in [-0.3, -0.25) is 0 Å². The lowest BCUT2D eigenvalue weighted by molar-refractivity contribution is 0.401. The van der Waals surface area contributed by atoms with Crippen molar-refractivity contribution in [3.63, 3.8) is 0 Å². The second kappa shape index (κ2) is 7.95. The first kappa shape index (κ1) is 18.2. The van der Waals surface area contributed by atoms with Crippen molar-refractivity contribution in [3.05, 3.63) is 54.1 Å². The molecule has 0 aliphatic heterocycles. The van der Waals surface area contributed by atoms with E-state index in [1.54, 1.807) is 19.2 Å². The molecular formula is C14H13ClF2O4S. The summed E-state index contributed by atoms with van der Waals surface area (Å²) in [5.74, 6) is -0.219. The van der Waals surface area contributed by atoms with Gasteiger partial charge in [0, 0.05) is 10.7 Å². The Labute approximate surface area is 131 Å². The molecule has 0 bridgehead atoms. The maximum atomic E-state index is 12.6. The summed E-state index contributed by atoms with van der Waals surface area (Å²) >= 11 is 0. The molecule has 0 saturated heterocycles. The maximum Gasteiger partial charge on any atom is 0.265 e. The fourth-order valence-corrected chi connectivity index (χ4v) is 2.42. The molecule has 2 aromatic carbocycles. The summed E-state index contributed by atoms with van der Waals surface area (Å²) < 4.78 is 56.1. The van der Waals surface area contributed by atoms with E-state index in [1.165, 1.54) is 25.3 Å². The Hall–Kier alpha value is -1.86. The highest BCUT2D eigenvalue weighted by Gasteiger charge is 2.17. The van der Waals surface area contributed by atoms with Gasteiger partial charge in [-0.15, -0.1) is 0 Å². The van der Waals surface area contributed by atoms with Gasteiger partial charge in [-0.05, 0) is 42.5 Å². The van der Waals surface area contributed by atoms with E-state index in [0.717, 1.165) is 12.1 Å². The van der Waals surface area contributed by atoms with Gasteiger partial charge in [0.1, 0.15) is 28.0 Å². The minimum absolute atomic E-state index is 0.0244. The van der Waals surface area contributed by atoms with Gasteiger partial charge in [0.25, 0.3) is 9.05 Å². The quantitative estimate of drug-likeness (QED) is 0.794. The molecule has 0 aromatic heterocycles. The zero-order chi connectivity index (χ0) is 16.8. The van der Waals surface area contributed by atoms with Gasteiger partial charge in [0.2, 0.25) is 0 Å². The Morgan fingerprint density at radius 2 is 1.45 bits per heavy atom. The molecule has 0 unspecified atom stereocenters. The largest absolute Gasteiger partial charge is 0.497 e. The highest BCUT2D eigenvalue weighted by Crippen LogP contribution is 2.27. The molecule has 2 rings (SSSR count). The molecule has 0 aliphatic carbocycles. The second-order valence-corrected chi connectivity index (χ2v) is 6.43.